The molecular formula is C22H19BrClN5O2. The number of halogens is 2. The van der Waals surface area contributed by atoms with Crippen molar-refractivity contribution in [2.45, 2.75) is 20.2 Å². The molecule has 0 spiro atoms. The van der Waals surface area contributed by atoms with Gasteiger partial charge in [0.1, 0.15) is 5.75 Å². The molecule has 0 unspecified atom stereocenters. The second-order valence-corrected chi connectivity index (χ2v) is 8.11. The number of amides is 1. The van der Waals surface area contributed by atoms with E-state index in [9.17, 15) is 4.79 Å². The highest BCUT2D eigenvalue weighted by molar-refractivity contribution is 9.10. The van der Waals surface area contributed by atoms with Crippen molar-refractivity contribution in [3.8, 4) is 5.75 Å². The molecular weight excluding hydrogens is 482 g/mol. The van der Waals surface area contributed by atoms with E-state index in [2.05, 4.69) is 31.4 Å². The minimum Gasteiger partial charge on any atom is -0.471 e. The van der Waals surface area contributed by atoms with Gasteiger partial charge < -0.3 is 10.1 Å². The van der Waals surface area contributed by atoms with Crippen molar-refractivity contribution in [3.63, 3.8) is 0 Å². The SMILES string of the molecule is Cc1ccccc1OCn1ccc(C(=O)Nc2nn(Cc3ccccc3Cl)cc2Br)n1. The lowest BCUT2D eigenvalue weighted by atomic mass is 10.2. The maximum atomic E-state index is 12.6. The Morgan fingerprint density at radius 1 is 1.10 bits per heavy atom. The number of aromatic nitrogens is 4. The van der Waals surface area contributed by atoms with Gasteiger partial charge in [-0.3, -0.25) is 9.48 Å². The highest BCUT2D eigenvalue weighted by Gasteiger charge is 2.15. The molecule has 7 nitrogen and oxygen atoms in total. The van der Waals surface area contributed by atoms with Gasteiger partial charge in [0, 0.05) is 17.4 Å². The first kappa shape index (κ1) is 21.1. The minimum atomic E-state index is -0.363. The molecule has 2 aromatic heterocycles. The first-order valence-corrected chi connectivity index (χ1v) is 10.7. The van der Waals surface area contributed by atoms with Crippen molar-refractivity contribution in [1.29, 1.82) is 0 Å². The fourth-order valence-electron chi connectivity index (χ4n) is 2.94. The van der Waals surface area contributed by atoms with Gasteiger partial charge in [0.2, 0.25) is 0 Å². The molecule has 158 valence electrons. The Bertz CT molecular complexity index is 1220. The molecule has 4 rings (SSSR count). The lowest BCUT2D eigenvalue weighted by molar-refractivity contribution is 0.101. The van der Waals surface area contributed by atoms with E-state index in [4.69, 9.17) is 16.3 Å². The van der Waals surface area contributed by atoms with E-state index < -0.39 is 0 Å². The summed E-state index contributed by atoms with van der Waals surface area (Å²) in [7, 11) is 0. The third-order valence-corrected chi connectivity index (χ3v) is 5.51. The number of nitrogens with one attached hydrogen (secondary N) is 1. The zero-order chi connectivity index (χ0) is 21.8. The zero-order valence-corrected chi connectivity index (χ0v) is 19.0. The summed E-state index contributed by atoms with van der Waals surface area (Å²) in [5.74, 6) is 0.818. The van der Waals surface area contributed by atoms with Crippen molar-refractivity contribution in [1.82, 2.24) is 19.6 Å². The summed E-state index contributed by atoms with van der Waals surface area (Å²) in [4.78, 5) is 12.6. The molecule has 0 aliphatic heterocycles. The number of para-hydroxylation sites is 1. The lowest BCUT2D eigenvalue weighted by Crippen LogP contribution is -2.15. The Kier molecular flexibility index (Phi) is 6.39. The number of aryl methyl sites for hydroxylation is 1. The molecule has 0 aliphatic rings. The molecule has 9 heteroatoms. The maximum absolute atomic E-state index is 12.6. The maximum Gasteiger partial charge on any atom is 0.277 e. The minimum absolute atomic E-state index is 0.203. The number of rotatable bonds is 7. The molecule has 2 aromatic carbocycles. The Hall–Kier alpha value is -3.10. The average molecular weight is 501 g/mol. The standard InChI is InChI=1S/C22H19BrClN5O2/c1-15-6-2-5-9-20(15)31-14-28-11-10-19(26-28)22(30)25-21-17(23)13-29(27-21)12-16-7-3-4-8-18(16)24/h2-11,13H,12,14H2,1H3,(H,25,27,30). The Labute approximate surface area is 192 Å². The second-order valence-electron chi connectivity index (χ2n) is 6.85. The van der Waals surface area contributed by atoms with Crippen LogP contribution < -0.4 is 10.1 Å². The number of ether oxygens (including phenoxy) is 1. The van der Waals surface area contributed by atoms with Gasteiger partial charge in [-0.05, 0) is 52.2 Å². The summed E-state index contributed by atoms with van der Waals surface area (Å²) in [5, 5.41) is 12.1. The van der Waals surface area contributed by atoms with Crippen molar-refractivity contribution < 1.29 is 9.53 Å². The van der Waals surface area contributed by atoms with Crippen LogP contribution in [0.3, 0.4) is 0 Å². The third-order valence-electron chi connectivity index (χ3n) is 4.56. The lowest BCUT2D eigenvalue weighted by Gasteiger charge is -2.08. The summed E-state index contributed by atoms with van der Waals surface area (Å²) in [6.07, 6.45) is 3.48. The highest BCUT2D eigenvalue weighted by atomic mass is 79.9. The average Bonchev–Trinajstić information content (AvgIpc) is 3.36. The van der Waals surface area contributed by atoms with Crippen LogP contribution in [-0.4, -0.2) is 25.5 Å². The van der Waals surface area contributed by atoms with E-state index in [-0.39, 0.29) is 18.3 Å². The number of benzene rings is 2. The van der Waals surface area contributed by atoms with Crippen LogP contribution in [0.25, 0.3) is 0 Å². The summed E-state index contributed by atoms with van der Waals surface area (Å²) in [6, 6.07) is 16.9. The van der Waals surface area contributed by atoms with Gasteiger partial charge in [-0.2, -0.15) is 10.2 Å². The van der Waals surface area contributed by atoms with Crippen LogP contribution in [-0.2, 0) is 13.3 Å². The predicted molar refractivity (Wildman–Crippen MR) is 122 cm³/mol. The Morgan fingerprint density at radius 2 is 1.87 bits per heavy atom. The van der Waals surface area contributed by atoms with Crippen molar-refractivity contribution in [2.75, 3.05) is 5.32 Å². The van der Waals surface area contributed by atoms with Gasteiger partial charge >= 0.3 is 0 Å². The van der Waals surface area contributed by atoms with Crippen LogP contribution in [0.5, 0.6) is 5.75 Å². The third kappa shape index (κ3) is 5.15. The molecule has 1 amide bonds. The Morgan fingerprint density at radius 3 is 2.68 bits per heavy atom. The number of nitrogens with zero attached hydrogens (tertiary/aromatic N) is 4. The number of carbonyl (C=O) groups excluding carboxylic acids is 1. The molecule has 0 aliphatic carbocycles. The Balaban J connectivity index is 1.39. The van der Waals surface area contributed by atoms with Crippen LogP contribution in [0.4, 0.5) is 5.82 Å². The van der Waals surface area contributed by atoms with E-state index in [1.165, 1.54) is 0 Å². The van der Waals surface area contributed by atoms with Crippen LogP contribution in [0.1, 0.15) is 21.6 Å². The van der Waals surface area contributed by atoms with Crippen molar-refractivity contribution >= 4 is 39.3 Å². The zero-order valence-electron chi connectivity index (χ0n) is 16.6. The fraction of sp³-hybridized carbons (Fsp3) is 0.136. The van der Waals surface area contributed by atoms with Gasteiger partial charge in [-0.1, -0.05) is 48.0 Å². The molecule has 0 fully saturated rings. The van der Waals surface area contributed by atoms with Gasteiger partial charge in [0.05, 0.1) is 11.0 Å². The largest absolute Gasteiger partial charge is 0.471 e. The van der Waals surface area contributed by atoms with Crippen LogP contribution in [0.15, 0.2) is 71.5 Å². The molecule has 1 N–H and O–H groups in total. The molecule has 0 atom stereocenters. The van der Waals surface area contributed by atoms with E-state index in [0.717, 1.165) is 16.9 Å². The molecule has 0 radical (unpaired) electrons. The number of carbonyl (C=O) groups is 1. The summed E-state index contributed by atoms with van der Waals surface area (Å²) >= 11 is 9.65. The smallest absolute Gasteiger partial charge is 0.277 e. The predicted octanol–water partition coefficient (Wildman–Crippen LogP) is 5.14. The van der Waals surface area contributed by atoms with Crippen LogP contribution >= 0.6 is 27.5 Å². The van der Waals surface area contributed by atoms with Gasteiger partial charge in [0.25, 0.3) is 5.91 Å². The first-order valence-electron chi connectivity index (χ1n) is 9.49. The van der Waals surface area contributed by atoms with E-state index in [1.807, 2.05) is 55.5 Å². The molecule has 0 saturated carbocycles. The first-order chi connectivity index (χ1) is 15.0. The van der Waals surface area contributed by atoms with E-state index in [1.54, 1.807) is 27.8 Å². The second kappa shape index (κ2) is 9.36. The quantitative estimate of drug-likeness (QED) is 0.381. The molecule has 0 bridgehead atoms. The topological polar surface area (TPSA) is 74.0 Å². The summed E-state index contributed by atoms with van der Waals surface area (Å²) < 4.78 is 9.69. The normalized spacial score (nSPS) is 10.8. The summed E-state index contributed by atoms with van der Waals surface area (Å²) in [5.41, 5.74) is 2.23. The van der Waals surface area contributed by atoms with Crippen LogP contribution in [0.2, 0.25) is 5.02 Å². The number of anilines is 1. The number of hydrogen-bond acceptors (Lipinski definition) is 4. The van der Waals surface area contributed by atoms with E-state index in [0.29, 0.717) is 21.9 Å². The molecule has 31 heavy (non-hydrogen) atoms. The fourth-order valence-corrected chi connectivity index (χ4v) is 3.55. The number of hydrogen-bond donors (Lipinski definition) is 1. The monoisotopic (exact) mass is 499 g/mol. The van der Waals surface area contributed by atoms with Gasteiger partial charge in [-0.15, -0.1) is 0 Å². The van der Waals surface area contributed by atoms with Crippen LogP contribution in [0, 0.1) is 6.92 Å². The molecule has 0 saturated heterocycles. The van der Waals surface area contributed by atoms with Crippen molar-refractivity contribution in [3.05, 3.63) is 93.3 Å². The van der Waals surface area contributed by atoms with Crippen molar-refractivity contribution in [2.24, 2.45) is 0 Å². The van der Waals surface area contributed by atoms with Gasteiger partial charge in [0.15, 0.2) is 18.2 Å². The summed E-state index contributed by atoms with van der Waals surface area (Å²) in [6.45, 7) is 2.66. The molecule has 4 aromatic rings. The molecule has 2 heterocycles. The van der Waals surface area contributed by atoms with Gasteiger partial charge in [-0.25, -0.2) is 4.68 Å². The van der Waals surface area contributed by atoms with E-state index >= 15 is 0 Å². The highest BCUT2D eigenvalue weighted by Crippen LogP contribution is 2.23.